The SMILES string of the molecule is CC(=O)SC[C@H]1OCCNC[C@H]1c1ccc(Cl)c(Cl)c1. The van der Waals surface area contributed by atoms with Gasteiger partial charge < -0.3 is 10.1 Å². The average Bonchev–Trinajstić information content (AvgIpc) is 2.65. The number of halogens is 2. The Morgan fingerprint density at radius 3 is 2.95 bits per heavy atom. The first kappa shape index (κ1) is 16.1. The fourth-order valence-corrected chi connectivity index (χ4v) is 3.26. The van der Waals surface area contributed by atoms with Crippen LogP contribution in [0.15, 0.2) is 18.2 Å². The van der Waals surface area contributed by atoms with Crippen LogP contribution in [0.4, 0.5) is 0 Å². The van der Waals surface area contributed by atoms with Crippen molar-refractivity contribution in [2.75, 3.05) is 25.4 Å². The fraction of sp³-hybridized carbons (Fsp3) is 0.500. The summed E-state index contributed by atoms with van der Waals surface area (Å²) in [6.45, 7) is 3.86. The van der Waals surface area contributed by atoms with E-state index in [2.05, 4.69) is 5.32 Å². The lowest BCUT2D eigenvalue weighted by atomic mass is 9.94. The molecule has 0 bridgehead atoms. The van der Waals surface area contributed by atoms with Crippen molar-refractivity contribution in [1.29, 1.82) is 0 Å². The predicted octanol–water partition coefficient (Wildman–Crippen LogP) is 3.35. The fourth-order valence-electron chi connectivity index (χ4n) is 2.23. The zero-order chi connectivity index (χ0) is 14.5. The Morgan fingerprint density at radius 1 is 1.45 bits per heavy atom. The third-order valence-electron chi connectivity index (χ3n) is 3.25. The van der Waals surface area contributed by atoms with Gasteiger partial charge >= 0.3 is 0 Å². The molecule has 0 unspecified atom stereocenters. The zero-order valence-electron chi connectivity index (χ0n) is 11.2. The van der Waals surface area contributed by atoms with Gasteiger partial charge in [-0.25, -0.2) is 0 Å². The van der Waals surface area contributed by atoms with E-state index < -0.39 is 0 Å². The lowest BCUT2D eigenvalue weighted by molar-refractivity contribution is -0.109. The van der Waals surface area contributed by atoms with Crippen LogP contribution in [0.2, 0.25) is 10.0 Å². The van der Waals surface area contributed by atoms with Gasteiger partial charge in [0.05, 0.1) is 22.8 Å². The summed E-state index contributed by atoms with van der Waals surface area (Å²) in [5.41, 5.74) is 1.09. The number of thioether (sulfide) groups is 1. The van der Waals surface area contributed by atoms with Gasteiger partial charge in [0, 0.05) is 31.7 Å². The van der Waals surface area contributed by atoms with E-state index in [4.69, 9.17) is 27.9 Å². The van der Waals surface area contributed by atoms with Crippen LogP contribution in [0.25, 0.3) is 0 Å². The van der Waals surface area contributed by atoms with Crippen molar-refractivity contribution in [3.8, 4) is 0 Å². The van der Waals surface area contributed by atoms with Gasteiger partial charge in [0.15, 0.2) is 5.12 Å². The number of carbonyl (C=O) groups is 1. The van der Waals surface area contributed by atoms with Crippen molar-refractivity contribution in [2.45, 2.75) is 18.9 Å². The summed E-state index contributed by atoms with van der Waals surface area (Å²) in [5.74, 6) is 0.821. The number of nitrogens with one attached hydrogen (secondary N) is 1. The predicted molar refractivity (Wildman–Crippen MR) is 85.0 cm³/mol. The number of benzene rings is 1. The third kappa shape index (κ3) is 4.37. The molecule has 1 N–H and O–H groups in total. The smallest absolute Gasteiger partial charge is 0.185 e. The van der Waals surface area contributed by atoms with Crippen molar-refractivity contribution >= 4 is 40.1 Å². The van der Waals surface area contributed by atoms with Gasteiger partial charge in [0.2, 0.25) is 0 Å². The Morgan fingerprint density at radius 2 is 2.25 bits per heavy atom. The van der Waals surface area contributed by atoms with Gasteiger partial charge in [-0.3, -0.25) is 4.79 Å². The van der Waals surface area contributed by atoms with Gasteiger partial charge in [-0.1, -0.05) is 41.0 Å². The average molecular weight is 334 g/mol. The van der Waals surface area contributed by atoms with Crippen molar-refractivity contribution < 1.29 is 9.53 Å². The largest absolute Gasteiger partial charge is 0.375 e. The van der Waals surface area contributed by atoms with Gasteiger partial charge in [-0.05, 0) is 17.7 Å². The van der Waals surface area contributed by atoms with Crippen molar-refractivity contribution in [3.05, 3.63) is 33.8 Å². The highest BCUT2D eigenvalue weighted by Crippen LogP contribution is 2.30. The molecular weight excluding hydrogens is 317 g/mol. The van der Waals surface area contributed by atoms with E-state index >= 15 is 0 Å². The summed E-state index contributed by atoms with van der Waals surface area (Å²) < 4.78 is 5.88. The highest BCUT2D eigenvalue weighted by atomic mass is 35.5. The normalized spacial score (nSPS) is 23.4. The summed E-state index contributed by atoms with van der Waals surface area (Å²) in [5, 5.41) is 4.56. The minimum Gasteiger partial charge on any atom is -0.375 e. The second-order valence-corrected chi connectivity index (χ2v) is 6.71. The molecule has 0 spiro atoms. The van der Waals surface area contributed by atoms with Crippen LogP contribution < -0.4 is 5.32 Å². The molecule has 2 rings (SSSR count). The van der Waals surface area contributed by atoms with Crippen LogP contribution in [0.3, 0.4) is 0 Å². The molecule has 3 nitrogen and oxygen atoms in total. The molecule has 6 heteroatoms. The number of ether oxygens (including phenoxy) is 1. The van der Waals surface area contributed by atoms with Crippen LogP contribution >= 0.6 is 35.0 Å². The van der Waals surface area contributed by atoms with Crippen LogP contribution in [-0.2, 0) is 9.53 Å². The monoisotopic (exact) mass is 333 g/mol. The standard InChI is InChI=1S/C14H17Cl2NO2S/c1-9(18)20-8-14-11(7-17-4-5-19-14)10-2-3-12(15)13(16)6-10/h2-3,6,11,14,17H,4-5,7-8H2,1H3/t11-,14+/m0/s1. The number of hydrogen-bond donors (Lipinski definition) is 1. The maximum absolute atomic E-state index is 11.2. The van der Waals surface area contributed by atoms with Crippen molar-refractivity contribution in [3.63, 3.8) is 0 Å². The molecule has 1 saturated heterocycles. The number of hydrogen-bond acceptors (Lipinski definition) is 4. The van der Waals surface area contributed by atoms with Gasteiger partial charge in [0.25, 0.3) is 0 Å². The second kappa shape index (κ2) is 7.66. The lowest BCUT2D eigenvalue weighted by Crippen LogP contribution is -2.29. The summed E-state index contributed by atoms with van der Waals surface area (Å²) in [4.78, 5) is 11.2. The first-order valence-corrected chi connectivity index (χ1v) is 8.22. The Hall–Kier alpha value is -0.260. The molecule has 110 valence electrons. The topological polar surface area (TPSA) is 38.3 Å². The number of carbonyl (C=O) groups excluding carboxylic acids is 1. The maximum Gasteiger partial charge on any atom is 0.185 e. The molecule has 0 radical (unpaired) electrons. The van der Waals surface area contributed by atoms with E-state index in [0.29, 0.717) is 22.4 Å². The minimum absolute atomic E-state index is 0.00357. The van der Waals surface area contributed by atoms with E-state index in [-0.39, 0.29) is 17.1 Å². The Kier molecular flexibility index (Phi) is 6.18. The minimum atomic E-state index is -0.00357. The molecule has 20 heavy (non-hydrogen) atoms. The maximum atomic E-state index is 11.2. The molecule has 0 aliphatic carbocycles. The van der Waals surface area contributed by atoms with E-state index in [1.54, 1.807) is 13.0 Å². The van der Waals surface area contributed by atoms with E-state index in [1.807, 2.05) is 12.1 Å². The Balaban J connectivity index is 2.18. The molecule has 1 aromatic rings. The quantitative estimate of drug-likeness (QED) is 0.920. The summed E-state index contributed by atoms with van der Waals surface area (Å²) in [7, 11) is 0. The second-order valence-electron chi connectivity index (χ2n) is 4.70. The molecule has 1 fully saturated rings. The summed E-state index contributed by atoms with van der Waals surface area (Å²) >= 11 is 13.4. The van der Waals surface area contributed by atoms with Crippen molar-refractivity contribution in [2.24, 2.45) is 0 Å². The Bertz CT molecular complexity index is 484. The lowest BCUT2D eigenvalue weighted by Gasteiger charge is -2.24. The molecule has 2 atom stereocenters. The van der Waals surface area contributed by atoms with E-state index in [1.165, 1.54) is 11.8 Å². The Labute approximate surface area is 133 Å². The van der Waals surface area contributed by atoms with Gasteiger partial charge in [-0.15, -0.1) is 0 Å². The van der Waals surface area contributed by atoms with Crippen LogP contribution in [0, 0.1) is 0 Å². The number of rotatable bonds is 3. The zero-order valence-corrected chi connectivity index (χ0v) is 13.5. The van der Waals surface area contributed by atoms with Crippen molar-refractivity contribution in [1.82, 2.24) is 5.32 Å². The van der Waals surface area contributed by atoms with Crippen LogP contribution in [0.1, 0.15) is 18.4 Å². The molecule has 1 aromatic carbocycles. The molecule has 1 heterocycles. The van der Waals surface area contributed by atoms with E-state index in [0.717, 1.165) is 18.7 Å². The molecule has 0 amide bonds. The van der Waals surface area contributed by atoms with E-state index in [9.17, 15) is 4.79 Å². The molecule has 1 aliphatic heterocycles. The van der Waals surface area contributed by atoms with Crippen LogP contribution in [-0.4, -0.2) is 36.7 Å². The highest BCUT2D eigenvalue weighted by Gasteiger charge is 2.27. The molecular formula is C14H17Cl2NO2S. The third-order valence-corrected chi connectivity index (χ3v) is 4.89. The molecule has 0 saturated carbocycles. The highest BCUT2D eigenvalue weighted by molar-refractivity contribution is 8.13. The first-order valence-electron chi connectivity index (χ1n) is 6.48. The van der Waals surface area contributed by atoms with Gasteiger partial charge in [0.1, 0.15) is 0 Å². The van der Waals surface area contributed by atoms with Gasteiger partial charge in [-0.2, -0.15) is 0 Å². The van der Waals surface area contributed by atoms with Crippen LogP contribution in [0.5, 0.6) is 0 Å². The molecule has 0 aromatic heterocycles. The summed E-state index contributed by atoms with van der Waals surface area (Å²) in [6, 6.07) is 5.66. The molecule has 1 aliphatic rings. The summed E-state index contributed by atoms with van der Waals surface area (Å²) in [6.07, 6.45) is -0.00357. The first-order chi connectivity index (χ1) is 9.58.